The minimum Gasteiger partial charge on any atom is -0.495 e. The Bertz CT molecular complexity index is 1070. The van der Waals surface area contributed by atoms with Crippen LogP contribution in [-0.2, 0) is 26.2 Å². The molecule has 0 spiro atoms. The molecule has 0 saturated carbocycles. The van der Waals surface area contributed by atoms with E-state index in [1.165, 1.54) is 12.0 Å². The third kappa shape index (κ3) is 7.21. The summed E-state index contributed by atoms with van der Waals surface area (Å²) < 4.78 is 31.6. The van der Waals surface area contributed by atoms with E-state index in [9.17, 15) is 18.0 Å². The number of methoxy groups -OCH3 is 1. The number of ether oxygens (including phenoxy) is 1. The van der Waals surface area contributed by atoms with Gasteiger partial charge in [-0.1, -0.05) is 42.0 Å². The molecule has 1 atom stereocenters. The van der Waals surface area contributed by atoms with E-state index in [0.29, 0.717) is 5.75 Å². The number of rotatable bonds is 10. The summed E-state index contributed by atoms with van der Waals surface area (Å²) in [5, 5.41) is 2.82. The molecule has 0 aliphatic heterocycles. The lowest BCUT2D eigenvalue weighted by Crippen LogP contribution is -2.52. The number of carbonyl (C=O) groups is 2. The van der Waals surface area contributed by atoms with Crippen LogP contribution in [0, 0.1) is 6.92 Å². The predicted molar refractivity (Wildman–Crippen MR) is 130 cm³/mol. The number of nitrogens with one attached hydrogen (secondary N) is 1. The first-order chi connectivity index (χ1) is 15.4. The van der Waals surface area contributed by atoms with Gasteiger partial charge in [-0.3, -0.25) is 13.9 Å². The van der Waals surface area contributed by atoms with Gasteiger partial charge in [-0.25, -0.2) is 8.42 Å². The van der Waals surface area contributed by atoms with Crippen molar-refractivity contribution >= 4 is 27.5 Å². The van der Waals surface area contributed by atoms with Crippen molar-refractivity contribution in [1.29, 1.82) is 0 Å². The standard InChI is InChI=1S/C24H33N3O5S/c1-17(2)25-24(29)19(4)26(15-20-13-11-18(3)12-14-20)23(28)16-27(33(6,30)31)21-9-7-8-10-22(21)32-5/h7-14,17,19H,15-16H2,1-6H3,(H,25,29). The number of amides is 2. The van der Waals surface area contributed by atoms with E-state index < -0.39 is 28.5 Å². The highest BCUT2D eigenvalue weighted by Gasteiger charge is 2.31. The maximum Gasteiger partial charge on any atom is 0.244 e. The van der Waals surface area contributed by atoms with Gasteiger partial charge in [0.05, 0.1) is 19.1 Å². The fourth-order valence-corrected chi connectivity index (χ4v) is 4.16. The lowest BCUT2D eigenvalue weighted by atomic mass is 10.1. The molecule has 33 heavy (non-hydrogen) atoms. The number of aryl methyl sites for hydroxylation is 1. The van der Waals surface area contributed by atoms with Gasteiger partial charge in [0.2, 0.25) is 21.8 Å². The molecule has 9 heteroatoms. The van der Waals surface area contributed by atoms with Crippen LogP contribution in [-0.4, -0.2) is 57.1 Å². The first-order valence-electron chi connectivity index (χ1n) is 10.7. The maximum absolute atomic E-state index is 13.5. The summed E-state index contributed by atoms with van der Waals surface area (Å²) in [6, 6.07) is 13.3. The molecule has 0 saturated heterocycles. The first-order valence-corrected chi connectivity index (χ1v) is 12.5. The SMILES string of the molecule is COc1ccccc1N(CC(=O)N(Cc1ccc(C)cc1)C(C)C(=O)NC(C)C)S(C)(=O)=O. The zero-order valence-corrected chi connectivity index (χ0v) is 20.8. The molecular formula is C24H33N3O5S. The van der Waals surface area contributed by atoms with Crippen LogP contribution in [0.2, 0.25) is 0 Å². The van der Waals surface area contributed by atoms with Crippen LogP contribution in [0.3, 0.4) is 0 Å². The number of para-hydroxylation sites is 2. The van der Waals surface area contributed by atoms with E-state index in [1.54, 1.807) is 31.2 Å². The van der Waals surface area contributed by atoms with Crippen molar-refractivity contribution in [2.45, 2.75) is 46.3 Å². The van der Waals surface area contributed by atoms with E-state index in [2.05, 4.69) is 5.32 Å². The number of hydrogen-bond acceptors (Lipinski definition) is 5. The van der Waals surface area contributed by atoms with Gasteiger partial charge in [0, 0.05) is 12.6 Å². The summed E-state index contributed by atoms with van der Waals surface area (Å²) in [7, 11) is -2.38. The second-order valence-corrected chi connectivity index (χ2v) is 10.2. The van der Waals surface area contributed by atoms with Gasteiger partial charge < -0.3 is 15.0 Å². The molecule has 0 bridgehead atoms. The molecule has 2 amide bonds. The average molecular weight is 476 g/mol. The fourth-order valence-electron chi connectivity index (χ4n) is 3.31. The summed E-state index contributed by atoms with van der Waals surface area (Å²) in [6.45, 7) is 6.97. The van der Waals surface area contributed by atoms with Crippen LogP contribution in [0.15, 0.2) is 48.5 Å². The smallest absolute Gasteiger partial charge is 0.244 e. The van der Waals surface area contributed by atoms with Crippen molar-refractivity contribution in [3.05, 3.63) is 59.7 Å². The Morgan fingerprint density at radius 2 is 1.64 bits per heavy atom. The highest BCUT2D eigenvalue weighted by molar-refractivity contribution is 7.92. The number of sulfonamides is 1. The molecule has 0 aliphatic carbocycles. The second kappa shape index (κ2) is 11.2. The second-order valence-electron chi connectivity index (χ2n) is 8.29. The largest absolute Gasteiger partial charge is 0.495 e. The molecule has 0 heterocycles. The quantitative estimate of drug-likeness (QED) is 0.570. The molecule has 0 aromatic heterocycles. The van der Waals surface area contributed by atoms with Crippen LogP contribution in [0.25, 0.3) is 0 Å². The minimum absolute atomic E-state index is 0.0997. The van der Waals surface area contributed by atoms with Gasteiger partial charge >= 0.3 is 0 Å². The van der Waals surface area contributed by atoms with E-state index in [4.69, 9.17) is 4.74 Å². The molecule has 0 radical (unpaired) electrons. The topological polar surface area (TPSA) is 96.0 Å². The van der Waals surface area contributed by atoms with Gasteiger partial charge in [-0.05, 0) is 45.4 Å². The Hall–Kier alpha value is -3.07. The monoisotopic (exact) mass is 475 g/mol. The van der Waals surface area contributed by atoms with Crippen molar-refractivity contribution in [3.8, 4) is 5.75 Å². The zero-order chi connectivity index (χ0) is 24.8. The Balaban J connectivity index is 2.42. The van der Waals surface area contributed by atoms with Gasteiger partial charge in [-0.15, -0.1) is 0 Å². The van der Waals surface area contributed by atoms with Crippen LogP contribution in [0.5, 0.6) is 5.75 Å². The van der Waals surface area contributed by atoms with Crippen molar-refractivity contribution in [1.82, 2.24) is 10.2 Å². The predicted octanol–water partition coefficient (Wildman–Crippen LogP) is 2.71. The van der Waals surface area contributed by atoms with E-state index in [1.807, 2.05) is 45.0 Å². The molecule has 8 nitrogen and oxygen atoms in total. The molecule has 1 N–H and O–H groups in total. The van der Waals surface area contributed by atoms with Crippen LogP contribution in [0.1, 0.15) is 31.9 Å². The van der Waals surface area contributed by atoms with Gasteiger partial charge in [0.25, 0.3) is 0 Å². The van der Waals surface area contributed by atoms with Gasteiger partial charge in [0.15, 0.2) is 0 Å². The highest BCUT2D eigenvalue weighted by atomic mass is 32.2. The summed E-state index contributed by atoms with van der Waals surface area (Å²) in [5.74, 6) is -0.488. The molecule has 0 aliphatic rings. The van der Waals surface area contributed by atoms with Crippen molar-refractivity contribution in [3.63, 3.8) is 0 Å². The molecule has 180 valence electrons. The summed E-state index contributed by atoms with van der Waals surface area (Å²) in [4.78, 5) is 27.6. The Morgan fingerprint density at radius 1 is 1.03 bits per heavy atom. The fraction of sp³-hybridized carbons (Fsp3) is 0.417. The minimum atomic E-state index is -3.82. The molecule has 2 aromatic carbocycles. The van der Waals surface area contributed by atoms with Crippen LogP contribution in [0.4, 0.5) is 5.69 Å². The number of hydrogen-bond donors (Lipinski definition) is 1. The molecule has 1 unspecified atom stereocenters. The van der Waals surface area contributed by atoms with Crippen molar-refractivity contribution in [2.75, 3.05) is 24.2 Å². The zero-order valence-electron chi connectivity index (χ0n) is 20.0. The number of carbonyl (C=O) groups excluding carboxylic acids is 2. The van der Waals surface area contributed by atoms with Crippen LogP contribution < -0.4 is 14.4 Å². The Labute approximate surface area is 196 Å². The average Bonchev–Trinajstić information content (AvgIpc) is 2.75. The molecule has 0 fully saturated rings. The summed E-state index contributed by atoms with van der Waals surface area (Å²) in [5.41, 5.74) is 2.16. The summed E-state index contributed by atoms with van der Waals surface area (Å²) in [6.07, 6.45) is 1.03. The van der Waals surface area contributed by atoms with E-state index in [-0.39, 0.29) is 24.2 Å². The lowest BCUT2D eigenvalue weighted by molar-refractivity contribution is -0.139. The number of nitrogens with zero attached hydrogens (tertiary/aromatic N) is 2. The van der Waals surface area contributed by atoms with Crippen LogP contribution >= 0.6 is 0 Å². The molecular weight excluding hydrogens is 442 g/mol. The van der Waals surface area contributed by atoms with Gasteiger partial charge in [-0.2, -0.15) is 0 Å². The Morgan fingerprint density at radius 3 is 2.18 bits per heavy atom. The third-order valence-electron chi connectivity index (χ3n) is 5.10. The summed E-state index contributed by atoms with van der Waals surface area (Å²) >= 11 is 0. The Kier molecular flexibility index (Phi) is 8.87. The van der Waals surface area contributed by atoms with Gasteiger partial charge in [0.1, 0.15) is 18.3 Å². The van der Waals surface area contributed by atoms with Crippen molar-refractivity contribution in [2.24, 2.45) is 0 Å². The van der Waals surface area contributed by atoms with Crippen molar-refractivity contribution < 1.29 is 22.7 Å². The number of anilines is 1. The number of benzene rings is 2. The molecule has 2 aromatic rings. The maximum atomic E-state index is 13.5. The van der Waals surface area contributed by atoms with E-state index in [0.717, 1.165) is 21.7 Å². The first kappa shape index (κ1) is 26.2. The third-order valence-corrected chi connectivity index (χ3v) is 6.23. The normalized spacial score (nSPS) is 12.2. The molecule has 2 rings (SSSR count). The lowest BCUT2D eigenvalue weighted by Gasteiger charge is -2.32. The highest BCUT2D eigenvalue weighted by Crippen LogP contribution is 2.29. The van der Waals surface area contributed by atoms with E-state index >= 15 is 0 Å².